The van der Waals surface area contributed by atoms with E-state index >= 15 is 0 Å². The second kappa shape index (κ2) is 12.5. The summed E-state index contributed by atoms with van der Waals surface area (Å²) in [7, 11) is 0. The van der Waals surface area contributed by atoms with Crippen LogP contribution in [-0.2, 0) is 17.5 Å². The van der Waals surface area contributed by atoms with Crippen LogP contribution in [0.25, 0.3) is 27.6 Å². The third-order valence-corrected chi connectivity index (χ3v) is 9.59. The van der Waals surface area contributed by atoms with E-state index < -0.39 is 23.3 Å². The Bertz CT molecular complexity index is 2020. The summed E-state index contributed by atoms with van der Waals surface area (Å²) in [6, 6.07) is 14.4. The Morgan fingerprint density at radius 2 is 1.79 bits per heavy atom. The molecule has 13 heteroatoms. The Labute approximate surface area is 273 Å². The molecule has 3 aromatic heterocycles. The van der Waals surface area contributed by atoms with Crippen LogP contribution in [0.15, 0.2) is 59.5 Å². The maximum atomic E-state index is 14.1. The lowest BCUT2D eigenvalue weighted by atomic mass is 9.85. The topological polar surface area (TPSA) is 96.0 Å². The number of carbonyl (C=O) groups is 1. The minimum Gasteiger partial charge on any atom is -0.356 e. The number of aryl methyl sites for hydroxylation is 1. The van der Waals surface area contributed by atoms with Crippen LogP contribution >= 0.6 is 11.6 Å². The maximum Gasteiger partial charge on any atom is 0.434 e. The Morgan fingerprint density at radius 1 is 1.02 bits per heavy atom. The highest BCUT2D eigenvalue weighted by Gasteiger charge is 2.38. The van der Waals surface area contributed by atoms with Crippen molar-refractivity contribution in [3.8, 4) is 5.69 Å². The SMILES string of the molecule is Cc1nn(C2CCCCO2)c2ccc(-n3c(=O)n(C[C@H]4CC[C@H](NC(=O)c5cc(Cl)cnc5C(F)(F)F)CC4)c4ccccc43)cc12. The van der Waals surface area contributed by atoms with Gasteiger partial charge < -0.3 is 10.1 Å². The quantitative estimate of drug-likeness (QED) is 0.207. The summed E-state index contributed by atoms with van der Waals surface area (Å²) < 4.78 is 51.9. The molecule has 9 nitrogen and oxygen atoms in total. The first-order valence-corrected chi connectivity index (χ1v) is 16.3. The Hall–Kier alpha value is -4.16. The van der Waals surface area contributed by atoms with Gasteiger partial charge >= 0.3 is 11.9 Å². The fraction of sp³-hybridized carbons (Fsp3) is 0.412. The highest BCUT2D eigenvalue weighted by molar-refractivity contribution is 6.30. The number of nitrogens with zero attached hydrogens (tertiary/aromatic N) is 5. The number of ether oxygens (including phenoxy) is 1. The molecule has 246 valence electrons. The van der Waals surface area contributed by atoms with Gasteiger partial charge in [0, 0.05) is 30.8 Å². The van der Waals surface area contributed by atoms with Crippen LogP contribution in [0.2, 0.25) is 5.02 Å². The average molecular weight is 667 g/mol. The van der Waals surface area contributed by atoms with Gasteiger partial charge in [-0.1, -0.05) is 23.7 Å². The smallest absolute Gasteiger partial charge is 0.356 e. The Kier molecular flexibility index (Phi) is 8.33. The number of fused-ring (bicyclic) bond motifs is 2. The van der Waals surface area contributed by atoms with Crippen molar-refractivity contribution < 1.29 is 22.7 Å². The van der Waals surface area contributed by atoms with Gasteiger partial charge in [0.25, 0.3) is 5.91 Å². The molecule has 7 rings (SSSR count). The number of carbonyl (C=O) groups excluding carboxylic acids is 1. The van der Waals surface area contributed by atoms with Gasteiger partial charge in [-0.25, -0.2) is 14.5 Å². The molecule has 1 saturated heterocycles. The van der Waals surface area contributed by atoms with Gasteiger partial charge in [-0.3, -0.25) is 13.9 Å². The van der Waals surface area contributed by atoms with Crippen LogP contribution in [0.3, 0.4) is 0 Å². The number of pyridine rings is 1. The summed E-state index contributed by atoms with van der Waals surface area (Å²) in [4.78, 5) is 30.3. The van der Waals surface area contributed by atoms with Gasteiger partial charge in [0.1, 0.15) is 0 Å². The number of para-hydroxylation sites is 2. The van der Waals surface area contributed by atoms with Crippen LogP contribution in [0.4, 0.5) is 13.2 Å². The van der Waals surface area contributed by atoms with E-state index in [1.54, 1.807) is 4.57 Å². The molecule has 1 aliphatic heterocycles. The number of hydrogen-bond acceptors (Lipinski definition) is 5. The summed E-state index contributed by atoms with van der Waals surface area (Å²) in [5.74, 6) is -0.698. The lowest BCUT2D eigenvalue weighted by molar-refractivity contribution is -0.141. The summed E-state index contributed by atoms with van der Waals surface area (Å²) in [5, 5.41) is 8.46. The molecule has 5 aromatic rings. The highest BCUT2D eigenvalue weighted by atomic mass is 35.5. The van der Waals surface area contributed by atoms with Gasteiger partial charge in [0.2, 0.25) is 0 Å². The Balaban J connectivity index is 1.10. The molecule has 1 amide bonds. The van der Waals surface area contributed by atoms with Crippen molar-refractivity contribution in [2.45, 2.75) is 76.9 Å². The maximum absolute atomic E-state index is 14.1. The number of nitrogens with one attached hydrogen (secondary N) is 1. The van der Waals surface area contributed by atoms with Crippen LogP contribution in [-0.4, -0.2) is 42.5 Å². The monoisotopic (exact) mass is 666 g/mol. The van der Waals surface area contributed by atoms with Crippen LogP contribution < -0.4 is 11.0 Å². The van der Waals surface area contributed by atoms with Crippen molar-refractivity contribution in [2.75, 3.05) is 6.61 Å². The first-order chi connectivity index (χ1) is 22.6. The normalized spacial score (nSPS) is 20.6. The molecule has 1 aliphatic carbocycles. The number of aromatic nitrogens is 5. The second-order valence-corrected chi connectivity index (χ2v) is 12.9. The number of imidazole rings is 1. The van der Waals surface area contributed by atoms with Crippen molar-refractivity contribution >= 4 is 39.4 Å². The number of alkyl halides is 3. The molecule has 1 saturated carbocycles. The van der Waals surface area contributed by atoms with Crippen LogP contribution in [0, 0.1) is 12.8 Å². The zero-order chi connectivity index (χ0) is 32.9. The van der Waals surface area contributed by atoms with Crippen molar-refractivity contribution in [3.05, 3.63) is 87.2 Å². The molecule has 2 fully saturated rings. The minimum absolute atomic E-state index is 0.0457. The van der Waals surface area contributed by atoms with Crippen LogP contribution in [0.5, 0.6) is 0 Å². The molecule has 0 spiro atoms. The van der Waals surface area contributed by atoms with Gasteiger partial charge in [-0.15, -0.1) is 0 Å². The zero-order valence-electron chi connectivity index (χ0n) is 25.8. The van der Waals surface area contributed by atoms with Crippen molar-refractivity contribution in [2.24, 2.45) is 5.92 Å². The minimum atomic E-state index is -4.78. The van der Waals surface area contributed by atoms with Gasteiger partial charge in [0.15, 0.2) is 11.9 Å². The van der Waals surface area contributed by atoms with Gasteiger partial charge in [-0.2, -0.15) is 18.3 Å². The molecule has 2 aromatic carbocycles. The predicted octanol–water partition coefficient (Wildman–Crippen LogP) is 7.21. The van der Waals surface area contributed by atoms with E-state index in [0.29, 0.717) is 32.2 Å². The number of benzene rings is 2. The predicted molar refractivity (Wildman–Crippen MR) is 172 cm³/mol. The lowest BCUT2D eigenvalue weighted by Crippen LogP contribution is -2.39. The third-order valence-electron chi connectivity index (χ3n) is 9.39. The molecule has 1 N–H and O–H groups in total. The number of halogens is 4. The fourth-order valence-electron chi connectivity index (χ4n) is 7.04. The molecule has 1 unspecified atom stereocenters. The highest BCUT2D eigenvalue weighted by Crippen LogP contribution is 2.33. The van der Waals surface area contributed by atoms with Gasteiger partial charge in [0.05, 0.1) is 38.5 Å². The van der Waals surface area contributed by atoms with E-state index in [0.717, 1.165) is 71.5 Å². The molecule has 0 radical (unpaired) electrons. The lowest BCUT2D eigenvalue weighted by Gasteiger charge is -2.29. The van der Waals surface area contributed by atoms with Crippen LogP contribution in [0.1, 0.15) is 72.9 Å². The van der Waals surface area contributed by atoms with E-state index in [2.05, 4.69) is 10.3 Å². The largest absolute Gasteiger partial charge is 0.434 e. The van der Waals surface area contributed by atoms with E-state index in [4.69, 9.17) is 21.4 Å². The average Bonchev–Trinajstić information content (AvgIpc) is 3.54. The summed E-state index contributed by atoms with van der Waals surface area (Å²) in [5.41, 5.74) is 2.23. The molecular weight excluding hydrogens is 633 g/mol. The summed E-state index contributed by atoms with van der Waals surface area (Å²) in [6.07, 6.45) is 1.62. The molecule has 47 heavy (non-hydrogen) atoms. The number of amides is 1. The fourth-order valence-corrected chi connectivity index (χ4v) is 7.20. The van der Waals surface area contributed by atoms with E-state index in [9.17, 15) is 22.8 Å². The van der Waals surface area contributed by atoms with Crippen molar-refractivity contribution in [1.82, 2.24) is 29.2 Å². The first kappa shape index (κ1) is 31.4. The van der Waals surface area contributed by atoms with E-state index in [-0.39, 0.29) is 28.9 Å². The Morgan fingerprint density at radius 3 is 2.51 bits per heavy atom. The molecule has 4 heterocycles. The number of hydrogen-bond donors (Lipinski definition) is 1. The summed E-state index contributed by atoms with van der Waals surface area (Å²) >= 11 is 5.86. The van der Waals surface area contributed by atoms with Crippen molar-refractivity contribution in [3.63, 3.8) is 0 Å². The molecule has 0 bridgehead atoms. The first-order valence-electron chi connectivity index (χ1n) is 15.9. The van der Waals surface area contributed by atoms with Gasteiger partial charge in [-0.05, 0) is 94.2 Å². The summed E-state index contributed by atoms with van der Waals surface area (Å²) in [6.45, 7) is 3.18. The molecule has 1 atom stereocenters. The second-order valence-electron chi connectivity index (χ2n) is 12.5. The zero-order valence-corrected chi connectivity index (χ0v) is 26.5. The standard InChI is InChI=1S/C34H34ClF3N6O3/c1-20-25-17-24(13-14-27(25)44(41-20)30-8-4-5-15-47-30)43-29-7-3-2-6-28(29)42(33(43)46)19-21-9-11-23(12-10-21)40-32(45)26-16-22(35)18-39-31(26)34(36,37)38/h2-3,6-7,13-14,16-18,21,23,30H,4-5,8-12,15,19H2,1H3,(H,40,45)/t21-,23-,30?. The van der Waals surface area contributed by atoms with Crippen molar-refractivity contribution in [1.29, 1.82) is 0 Å². The van der Waals surface area contributed by atoms with E-state index in [1.165, 1.54) is 0 Å². The molecular formula is C34H34ClF3N6O3. The number of rotatable bonds is 6. The third kappa shape index (κ3) is 6.04. The molecule has 2 aliphatic rings. The van der Waals surface area contributed by atoms with E-state index in [1.807, 2.05) is 58.6 Å².